The van der Waals surface area contributed by atoms with Crippen LogP contribution in [0, 0.1) is 6.92 Å². The van der Waals surface area contributed by atoms with E-state index in [1.807, 2.05) is 13.0 Å². The number of hydrogen-bond acceptors (Lipinski definition) is 3. The first-order chi connectivity index (χ1) is 6.22. The van der Waals surface area contributed by atoms with Crippen LogP contribution in [0.1, 0.15) is 11.3 Å². The minimum Gasteiger partial charge on any atom is -0.323 e. The number of nitrogens with zero attached hydrogens (tertiary/aromatic N) is 1. The minimum absolute atomic E-state index is 0.434. The molecule has 0 amide bonds. The fourth-order valence-corrected chi connectivity index (χ4v) is 1.36. The summed E-state index contributed by atoms with van der Waals surface area (Å²) < 4.78 is 11.8. The van der Waals surface area contributed by atoms with Gasteiger partial charge in [-0.15, -0.1) is 0 Å². The molecule has 0 aliphatic carbocycles. The number of pyridine rings is 1. The summed E-state index contributed by atoms with van der Waals surface area (Å²) in [7, 11) is 1.13. The summed E-state index contributed by atoms with van der Waals surface area (Å²) in [5, 5.41) is 0.471. The topological polar surface area (TPSA) is 22.1 Å². The molecule has 0 N–H and O–H groups in total. The van der Waals surface area contributed by atoms with Crippen LogP contribution in [0.3, 0.4) is 0 Å². The third-order valence-corrected chi connectivity index (χ3v) is 1.72. The van der Waals surface area contributed by atoms with Crippen molar-refractivity contribution in [2.75, 3.05) is 0 Å². The zero-order chi connectivity index (χ0) is 9.68. The Morgan fingerprint density at radius 2 is 2.67 bits per heavy atom. The van der Waals surface area contributed by atoms with Crippen LogP contribution in [0.25, 0.3) is 0 Å². The molecule has 63 valence electrons. The van der Waals surface area contributed by atoms with Crippen molar-refractivity contribution in [2.24, 2.45) is 0 Å². The molecule has 5 heteroatoms. The van der Waals surface area contributed by atoms with E-state index < -0.39 is 0 Å². The Hall–Kier alpha value is -0.185. The third-order valence-electron chi connectivity index (χ3n) is 1.28. The van der Waals surface area contributed by atoms with Crippen LogP contribution < -0.4 is 0 Å². The number of rotatable bonds is 4. The maximum atomic E-state index is 6.73. The number of aromatic nitrogens is 1. The van der Waals surface area contributed by atoms with E-state index in [4.69, 9.17) is 17.1 Å². The van der Waals surface area contributed by atoms with Gasteiger partial charge in [0.05, 0.1) is 6.61 Å². The van der Waals surface area contributed by atoms with Crippen molar-refractivity contribution >= 4 is 30.6 Å². The summed E-state index contributed by atoms with van der Waals surface area (Å²) in [6.45, 7) is 2.31. The maximum Gasteiger partial charge on any atom is 0.209 e. The fourth-order valence-electron chi connectivity index (χ4n) is 0.881. The Kier molecular flexibility index (Phi) is 3.33. The van der Waals surface area contributed by atoms with Crippen LogP contribution in [0.2, 0.25) is 5.15 Å². The van der Waals surface area contributed by atoms with E-state index in [0.717, 1.165) is 30.2 Å². The average Bonchev–Trinajstić information content (AvgIpc) is 2.03. The first kappa shape index (κ1) is 8.41. The lowest BCUT2D eigenvalue weighted by molar-refractivity contribution is 0.369. The van der Waals surface area contributed by atoms with Crippen molar-refractivity contribution in [1.82, 2.24) is 4.98 Å². The van der Waals surface area contributed by atoms with Crippen LogP contribution in [0.15, 0.2) is 12.1 Å². The van der Waals surface area contributed by atoms with Gasteiger partial charge in [-0.2, -0.15) is 0 Å². The highest BCUT2D eigenvalue weighted by Gasteiger charge is 1.97. The van der Waals surface area contributed by atoms with Gasteiger partial charge in [0.15, 0.2) is 0 Å². The monoisotopic (exact) mass is 202 g/mol. The van der Waals surface area contributed by atoms with Crippen molar-refractivity contribution in [1.29, 1.82) is 1.34 Å². The van der Waals surface area contributed by atoms with Gasteiger partial charge in [0.2, 0.25) is 7.09 Å². The molecule has 0 saturated carbocycles. The van der Waals surface area contributed by atoms with Gasteiger partial charge in [-0.25, -0.2) is 4.98 Å². The summed E-state index contributed by atoms with van der Waals surface area (Å²) in [6, 6.07) is 3.65. The molecule has 0 aliphatic heterocycles. The summed E-state index contributed by atoms with van der Waals surface area (Å²) in [6.07, 6.45) is 0. The van der Waals surface area contributed by atoms with Crippen LogP contribution in [-0.4, -0.2) is 13.4 Å². The van der Waals surface area contributed by atoms with Gasteiger partial charge in [-0.05, 0) is 26.0 Å². The molecule has 1 aromatic heterocycles. The Morgan fingerprint density at radius 3 is 3.33 bits per heavy atom. The second-order valence-corrected chi connectivity index (χ2v) is 3.11. The molecule has 0 unspecified atom stereocenters. The van der Waals surface area contributed by atoms with E-state index in [0.29, 0.717) is 11.8 Å². The quantitative estimate of drug-likeness (QED) is 0.323. The van der Waals surface area contributed by atoms with Crippen molar-refractivity contribution in [3.63, 3.8) is 0 Å². The molecule has 0 atom stereocenters. The van der Waals surface area contributed by atoms with Crippen molar-refractivity contribution in [3.8, 4) is 0 Å². The molecule has 1 rings (SSSR count). The highest BCUT2D eigenvalue weighted by Crippen LogP contribution is 2.12. The predicted octanol–water partition coefficient (Wildman–Crippen LogP) is 2.02. The van der Waals surface area contributed by atoms with Gasteiger partial charge in [0, 0.05) is 5.69 Å². The highest BCUT2D eigenvalue weighted by atomic mass is 35.5. The van der Waals surface area contributed by atoms with Crippen molar-refractivity contribution < 1.29 is 4.18 Å². The molecule has 0 aromatic carbocycles. The Morgan fingerprint density at radius 1 is 1.83 bits per heavy atom. The molecular formula is C7H8BClNOS. The third kappa shape index (κ3) is 3.05. The second kappa shape index (κ2) is 4.75. The fraction of sp³-hybridized carbons (Fsp3) is 0.286. The summed E-state index contributed by atoms with van der Waals surface area (Å²) in [5.41, 5.74) is 1.83. The normalized spacial score (nSPS) is 11.0. The zero-order valence-electron chi connectivity index (χ0n) is 7.58. The van der Waals surface area contributed by atoms with Gasteiger partial charge in [0.1, 0.15) is 5.15 Å². The summed E-state index contributed by atoms with van der Waals surface area (Å²) in [5.74, 6) is 0. The first-order valence-electron chi connectivity index (χ1n) is 3.91. The Labute approximate surface area is 83.5 Å². The Bertz CT molecular complexity index is 269. The van der Waals surface area contributed by atoms with E-state index in [9.17, 15) is 0 Å². The van der Waals surface area contributed by atoms with Crippen LogP contribution in [0.4, 0.5) is 0 Å². The van der Waals surface area contributed by atoms with E-state index in [1.165, 1.54) is 0 Å². The van der Waals surface area contributed by atoms with E-state index in [-0.39, 0.29) is 0 Å². The molecule has 0 fully saturated rings. The van der Waals surface area contributed by atoms with E-state index >= 15 is 0 Å². The van der Waals surface area contributed by atoms with Gasteiger partial charge in [-0.3, -0.25) is 0 Å². The van der Waals surface area contributed by atoms with Crippen molar-refractivity contribution in [2.45, 2.75) is 13.5 Å². The average molecular weight is 202 g/mol. The predicted molar refractivity (Wildman–Crippen MR) is 53.5 cm³/mol. The number of aryl methyl sites for hydroxylation is 1. The molecule has 0 bridgehead atoms. The lowest BCUT2D eigenvalue weighted by Gasteiger charge is -2.02. The molecule has 1 radical (unpaired) electrons. The smallest absolute Gasteiger partial charge is 0.209 e. The van der Waals surface area contributed by atoms with Gasteiger partial charge < -0.3 is 4.18 Å². The zero-order valence-corrected chi connectivity index (χ0v) is 8.15. The molecule has 0 aliphatic rings. The standard InChI is InChI=1S/C7H8BClNOS/c1-5-2-6(4-11-12-8)3-7(9)10-5/h2-3,8H,4H2,1H3/i8T. The number of hydrogen-bond donors (Lipinski definition) is 0. The molecular weight excluding hydrogens is 192 g/mol. The van der Waals surface area contributed by atoms with Gasteiger partial charge >= 0.3 is 0 Å². The van der Waals surface area contributed by atoms with E-state index in [2.05, 4.69) is 4.98 Å². The van der Waals surface area contributed by atoms with Crippen LogP contribution in [0.5, 0.6) is 0 Å². The Balaban J connectivity index is 2.56. The van der Waals surface area contributed by atoms with Crippen LogP contribution >= 0.6 is 23.5 Å². The first-order valence-corrected chi connectivity index (χ1v) is 4.52. The molecule has 1 heterocycles. The lowest BCUT2D eigenvalue weighted by Crippen LogP contribution is -1.90. The molecule has 12 heavy (non-hydrogen) atoms. The van der Waals surface area contributed by atoms with Gasteiger partial charge in [0.25, 0.3) is 0 Å². The number of halogens is 1. The molecule has 0 saturated heterocycles. The van der Waals surface area contributed by atoms with E-state index in [1.54, 1.807) is 6.07 Å². The SMILES string of the molecule is [3H][B]SOCc1cc(C)nc(Cl)c1. The summed E-state index contributed by atoms with van der Waals surface area (Å²) >= 11 is 6.74. The van der Waals surface area contributed by atoms with Crippen molar-refractivity contribution in [3.05, 3.63) is 28.5 Å². The largest absolute Gasteiger partial charge is 0.323 e. The summed E-state index contributed by atoms with van der Waals surface area (Å²) in [4.78, 5) is 4.02. The van der Waals surface area contributed by atoms with Gasteiger partial charge in [-0.1, -0.05) is 23.5 Å². The molecule has 1 aromatic rings. The molecule has 0 spiro atoms. The molecule has 2 nitrogen and oxygen atoms in total. The highest BCUT2D eigenvalue weighted by molar-refractivity contribution is 8.15. The lowest BCUT2D eigenvalue weighted by atomic mass is 10.2. The maximum absolute atomic E-state index is 6.73. The van der Waals surface area contributed by atoms with Crippen LogP contribution in [-0.2, 0) is 10.8 Å². The second-order valence-electron chi connectivity index (χ2n) is 2.30. The minimum atomic E-state index is 0.434.